The van der Waals surface area contributed by atoms with Crippen LogP contribution < -0.4 is 10.2 Å². The van der Waals surface area contributed by atoms with E-state index >= 15 is 0 Å². The summed E-state index contributed by atoms with van der Waals surface area (Å²) in [6.07, 6.45) is 2.79. The number of aromatic nitrogens is 1. The lowest BCUT2D eigenvalue weighted by molar-refractivity contribution is 0.0429. The minimum Gasteiger partial charge on any atom is -0.323 e. The summed E-state index contributed by atoms with van der Waals surface area (Å²) in [5.41, 5.74) is 2.81. The van der Waals surface area contributed by atoms with Crippen LogP contribution in [0.1, 0.15) is 29.3 Å². The summed E-state index contributed by atoms with van der Waals surface area (Å²) in [5, 5.41) is 2.91. The van der Waals surface area contributed by atoms with Crippen LogP contribution in [0.25, 0.3) is 0 Å². The first-order valence-corrected chi connectivity index (χ1v) is 10.2. The second-order valence-corrected chi connectivity index (χ2v) is 8.44. The molecule has 3 amide bonds. The Labute approximate surface area is 170 Å². The standard InChI is InChI=1S/C22H25N5O2/c1-3-25-10-8-22(12-25)13-26(14-22)21(29)27-18-7-6-15(2)11-16(18)20(28)24-17-5-4-9-23-19(17)27/h4-7,9,11H,3,8,10,12-14H2,1-2H3,(H,24,28). The molecular formula is C22H25N5O2. The third-order valence-electron chi connectivity index (χ3n) is 6.36. The second-order valence-electron chi connectivity index (χ2n) is 8.44. The number of aryl methyl sites for hydroxylation is 1. The van der Waals surface area contributed by atoms with Crippen molar-refractivity contribution in [1.29, 1.82) is 0 Å². The molecule has 2 saturated heterocycles. The number of likely N-dealkylation sites (tertiary alicyclic amines) is 2. The van der Waals surface area contributed by atoms with E-state index in [0.29, 0.717) is 22.8 Å². The van der Waals surface area contributed by atoms with E-state index in [1.54, 1.807) is 23.2 Å². The summed E-state index contributed by atoms with van der Waals surface area (Å²) in [7, 11) is 0. The largest absolute Gasteiger partial charge is 0.330 e. The molecule has 1 N–H and O–H groups in total. The minimum absolute atomic E-state index is 0.118. The summed E-state index contributed by atoms with van der Waals surface area (Å²) in [4.78, 5) is 36.8. The predicted octanol–water partition coefficient (Wildman–Crippen LogP) is 3.24. The van der Waals surface area contributed by atoms with Crippen molar-refractivity contribution in [2.24, 2.45) is 5.41 Å². The highest BCUT2D eigenvalue weighted by Gasteiger charge is 2.50. The molecule has 0 saturated carbocycles. The van der Waals surface area contributed by atoms with Gasteiger partial charge in [0.1, 0.15) is 0 Å². The smallest absolute Gasteiger partial charge is 0.323 e. The van der Waals surface area contributed by atoms with Gasteiger partial charge in [-0.3, -0.25) is 4.79 Å². The Kier molecular flexibility index (Phi) is 4.10. The Morgan fingerprint density at radius 1 is 1.24 bits per heavy atom. The van der Waals surface area contributed by atoms with Crippen molar-refractivity contribution in [1.82, 2.24) is 14.8 Å². The number of fused-ring (bicyclic) bond motifs is 2. The van der Waals surface area contributed by atoms with E-state index in [-0.39, 0.29) is 17.4 Å². The lowest BCUT2D eigenvalue weighted by Crippen LogP contribution is -2.61. The van der Waals surface area contributed by atoms with Gasteiger partial charge < -0.3 is 15.1 Å². The fraction of sp³-hybridized carbons (Fsp3) is 0.409. The maximum Gasteiger partial charge on any atom is 0.330 e. The van der Waals surface area contributed by atoms with E-state index < -0.39 is 0 Å². The zero-order valence-corrected chi connectivity index (χ0v) is 16.8. The number of hydrogen-bond acceptors (Lipinski definition) is 4. The second kappa shape index (κ2) is 6.56. The van der Waals surface area contributed by atoms with Crippen molar-refractivity contribution in [2.75, 3.05) is 42.9 Å². The highest BCUT2D eigenvalue weighted by molar-refractivity contribution is 6.17. The van der Waals surface area contributed by atoms with Crippen molar-refractivity contribution in [3.63, 3.8) is 0 Å². The Balaban J connectivity index is 1.50. The molecule has 7 heteroatoms. The molecule has 5 rings (SSSR count). The Bertz CT molecular complexity index is 998. The zero-order valence-electron chi connectivity index (χ0n) is 16.8. The van der Waals surface area contributed by atoms with Crippen molar-refractivity contribution in [2.45, 2.75) is 20.3 Å². The van der Waals surface area contributed by atoms with E-state index in [0.717, 1.165) is 44.7 Å². The van der Waals surface area contributed by atoms with Crippen molar-refractivity contribution < 1.29 is 9.59 Å². The van der Waals surface area contributed by atoms with Crippen LogP contribution in [-0.4, -0.2) is 59.4 Å². The van der Waals surface area contributed by atoms with E-state index in [4.69, 9.17) is 0 Å². The predicted molar refractivity (Wildman–Crippen MR) is 112 cm³/mol. The van der Waals surface area contributed by atoms with Gasteiger partial charge in [0.2, 0.25) is 0 Å². The lowest BCUT2D eigenvalue weighted by atomic mass is 9.79. The number of hydrogen-bond donors (Lipinski definition) is 1. The number of carbonyl (C=O) groups excluding carboxylic acids is 2. The highest BCUT2D eigenvalue weighted by atomic mass is 16.2. The SMILES string of the molecule is CCN1CCC2(C1)CN(C(=O)N1c3ccc(C)cc3C(=O)Nc3cccnc31)C2. The van der Waals surface area contributed by atoms with Crippen LogP contribution in [0.3, 0.4) is 0 Å². The summed E-state index contributed by atoms with van der Waals surface area (Å²) >= 11 is 0. The Hall–Kier alpha value is -2.93. The topological polar surface area (TPSA) is 68.8 Å². The molecule has 0 aliphatic carbocycles. The molecule has 3 aliphatic rings. The van der Waals surface area contributed by atoms with E-state index in [1.165, 1.54) is 0 Å². The number of nitrogens with zero attached hydrogens (tertiary/aromatic N) is 4. The highest BCUT2D eigenvalue weighted by Crippen LogP contribution is 2.43. The Morgan fingerprint density at radius 3 is 2.83 bits per heavy atom. The number of nitrogens with one attached hydrogen (secondary N) is 1. The molecule has 2 aromatic rings. The number of anilines is 3. The van der Waals surface area contributed by atoms with Crippen molar-refractivity contribution in [3.8, 4) is 0 Å². The van der Waals surface area contributed by atoms with Gasteiger partial charge in [-0.2, -0.15) is 0 Å². The average Bonchev–Trinajstić information content (AvgIpc) is 3.09. The molecule has 1 aromatic heterocycles. The van der Waals surface area contributed by atoms with Gasteiger partial charge in [0.25, 0.3) is 5.91 Å². The van der Waals surface area contributed by atoms with Crippen LogP contribution in [0.4, 0.5) is 22.0 Å². The molecule has 150 valence electrons. The maximum atomic E-state index is 13.6. The average molecular weight is 391 g/mol. The monoisotopic (exact) mass is 391 g/mol. The first-order chi connectivity index (χ1) is 14.0. The number of urea groups is 1. The number of pyridine rings is 1. The molecule has 0 bridgehead atoms. The van der Waals surface area contributed by atoms with Gasteiger partial charge in [0.05, 0.1) is 16.9 Å². The van der Waals surface area contributed by atoms with Gasteiger partial charge in [-0.05, 0) is 50.7 Å². The maximum absolute atomic E-state index is 13.6. The first kappa shape index (κ1) is 18.1. The van der Waals surface area contributed by atoms with Crippen LogP contribution in [-0.2, 0) is 0 Å². The molecule has 0 radical (unpaired) electrons. The van der Waals surface area contributed by atoms with Gasteiger partial charge in [0.15, 0.2) is 5.82 Å². The van der Waals surface area contributed by atoms with Crippen LogP contribution in [0.15, 0.2) is 36.5 Å². The molecule has 7 nitrogen and oxygen atoms in total. The number of carbonyl (C=O) groups is 2. The van der Waals surface area contributed by atoms with Gasteiger partial charge in [-0.15, -0.1) is 0 Å². The fourth-order valence-corrected chi connectivity index (χ4v) is 4.79. The number of rotatable bonds is 1. The van der Waals surface area contributed by atoms with Crippen molar-refractivity contribution >= 4 is 29.1 Å². The first-order valence-electron chi connectivity index (χ1n) is 10.2. The molecule has 4 heterocycles. The van der Waals surface area contributed by atoms with E-state index in [2.05, 4.69) is 22.1 Å². The van der Waals surface area contributed by atoms with E-state index in [9.17, 15) is 9.59 Å². The van der Waals surface area contributed by atoms with Crippen LogP contribution in [0.5, 0.6) is 0 Å². The molecule has 1 spiro atoms. The van der Waals surface area contributed by atoms with Crippen LogP contribution >= 0.6 is 0 Å². The Morgan fingerprint density at radius 2 is 2.07 bits per heavy atom. The van der Waals surface area contributed by atoms with E-state index in [1.807, 2.05) is 30.0 Å². The minimum atomic E-state index is -0.220. The van der Waals surface area contributed by atoms with Gasteiger partial charge in [-0.25, -0.2) is 14.7 Å². The van der Waals surface area contributed by atoms with Gasteiger partial charge >= 0.3 is 6.03 Å². The van der Waals surface area contributed by atoms with Gasteiger partial charge in [-0.1, -0.05) is 18.6 Å². The molecular weight excluding hydrogens is 366 g/mol. The van der Waals surface area contributed by atoms with Crippen LogP contribution in [0.2, 0.25) is 0 Å². The molecule has 0 atom stereocenters. The van der Waals surface area contributed by atoms with Crippen LogP contribution in [0, 0.1) is 12.3 Å². The van der Waals surface area contributed by atoms with Gasteiger partial charge in [0, 0.05) is 31.2 Å². The molecule has 1 aromatic carbocycles. The summed E-state index contributed by atoms with van der Waals surface area (Å²) < 4.78 is 0. The van der Waals surface area contributed by atoms with Crippen molar-refractivity contribution in [3.05, 3.63) is 47.7 Å². The molecule has 0 unspecified atom stereocenters. The quantitative estimate of drug-likeness (QED) is 0.810. The number of benzene rings is 1. The lowest BCUT2D eigenvalue weighted by Gasteiger charge is -2.49. The molecule has 29 heavy (non-hydrogen) atoms. The third kappa shape index (κ3) is 2.88. The normalized spacial score (nSPS) is 20.0. The third-order valence-corrected chi connectivity index (χ3v) is 6.36. The zero-order chi connectivity index (χ0) is 20.2. The number of amides is 3. The summed E-state index contributed by atoms with van der Waals surface area (Å²) in [6, 6.07) is 9.02. The summed E-state index contributed by atoms with van der Waals surface area (Å²) in [6.45, 7) is 8.84. The molecule has 2 fully saturated rings. The fourth-order valence-electron chi connectivity index (χ4n) is 4.79. The summed E-state index contributed by atoms with van der Waals surface area (Å²) in [5.74, 6) is 0.249. The molecule has 3 aliphatic heterocycles.